The second kappa shape index (κ2) is 8.63. The highest BCUT2D eigenvalue weighted by Gasteiger charge is 2.28. The smallest absolute Gasteiger partial charge is 0.226 e. The minimum atomic E-state index is -0.278. The lowest BCUT2D eigenvalue weighted by atomic mass is 9.95. The molecule has 0 radical (unpaired) electrons. The highest BCUT2D eigenvalue weighted by atomic mass is 19.1. The summed E-state index contributed by atoms with van der Waals surface area (Å²) < 4.78 is 13.4. The fraction of sp³-hybridized carbons (Fsp3) is 0.381. The van der Waals surface area contributed by atoms with Gasteiger partial charge in [0.2, 0.25) is 5.91 Å². The van der Waals surface area contributed by atoms with E-state index in [-0.39, 0.29) is 17.6 Å². The summed E-state index contributed by atoms with van der Waals surface area (Å²) in [5.74, 6) is 0.675. The van der Waals surface area contributed by atoms with Crippen molar-refractivity contribution < 1.29 is 9.18 Å². The predicted octanol–water partition coefficient (Wildman–Crippen LogP) is 3.36. The minimum Gasteiger partial charge on any atom is -0.357 e. The number of anilines is 1. The van der Waals surface area contributed by atoms with Crippen LogP contribution in [0.1, 0.15) is 30.9 Å². The van der Waals surface area contributed by atoms with Crippen LogP contribution in [0.25, 0.3) is 0 Å². The number of pyridine rings is 1. The van der Waals surface area contributed by atoms with Gasteiger partial charge in [-0.25, -0.2) is 9.37 Å². The SMILES string of the molecule is CCN(Cc1cccc(F)c1)C(=O)C1CCN(c2ccc(C#N)cn2)CC1. The van der Waals surface area contributed by atoms with Crippen LogP contribution in [0.4, 0.5) is 10.2 Å². The van der Waals surface area contributed by atoms with Crippen molar-refractivity contribution in [2.75, 3.05) is 24.5 Å². The van der Waals surface area contributed by atoms with Crippen molar-refractivity contribution in [1.82, 2.24) is 9.88 Å². The maximum Gasteiger partial charge on any atom is 0.226 e. The van der Waals surface area contributed by atoms with Gasteiger partial charge in [-0.1, -0.05) is 12.1 Å². The Kier molecular flexibility index (Phi) is 6.02. The van der Waals surface area contributed by atoms with Crippen LogP contribution in [-0.4, -0.2) is 35.4 Å². The van der Waals surface area contributed by atoms with E-state index in [1.807, 2.05) is 19.1 Å². The first-order chi connectivity index (χ1) is 13.1. The molecule has 0 unspecified atom stereocenters. The molecule has 1 fully saturated rings. The average Bonchev–Trinajstić information content (AvgIpc) is 2.72. The number of carbonyl (C=O) groups is 1. The number of aromatic nitrogens is 1. The Balaban J connectivity index is 1.58. The zero-order valence-corrected chi connectivity index (χ0v) is 15.4. The topological polar surface area (TPSA) is 60.2 Å². The quantitative estimate of drug-likeness (QED) is 0.814. The van der Waals surface area contributed by atoms with Gasteiger partial charge in [-0.15, -0.1) is 0 Å². The zero-order valence-electron chi connectivity index (χ0n) is 15.4. The van der Waals surface area contributed by atoms with Crippen molar-refractivity contribution in [3.63, 3.8) is 0 Å². The van der Waals surface area contributed by atoms with Crippen molar-refractivity contribution in [2.24, 2.45) is 5.92 Å². The van der Waals surface area contributed by atoms with Crippen LogP contribution >= 0.6 is 0 Å². The summed E-state index contributed by atoms with van der Waals surface area (Å²) >= 11 is 0. The van der Waals surface area contributed by atoms with Gasteiger partial charge in [-0.05, 0) is 49.6 Å². The number of halogens is 1. The largest absolute Gasteiger partial charge is 0.357 e. The summed E-state index contributed by atoms with van der Waals surface area (Å²) in [4.78, 5) is 21.2. The van der Waals surface area contributed by atoms with E-state index in [1.165, 1.54) is 12.1 Å². The van der Waals surface area contributed by atoms with E-state index >= 15 is 0 Å². The molecule has 1 aliphatic heterocycles. The zero-order chi connectivity index (χ0) is 19.2. The number of rotatable bonds is 5. The van der Waals surface area contributed by atoms with Crippen LogP contribution in [0.3, 0.4) is 0 Å². The third-order valence-corrected chi connectivity index (χ3v) is 5.00. The summed E-state index contributed by atoms with van der Waals surface area (Å²) in [6.07, 6.45) is 3.10. The number of carbonyl (C=O) groups excluding carboxylic acids is 1. The van der Waals surface area contributed by atoms with Gasteiger partial charge in [-0.2, -0.15) is 5.26 Å². The van der Waals surface area contributed by atoms with Crippen molar-refractivity contribution in [3.8, 4) is 6.07 Å². The van der Waals surface area contributed by atoms with E-state index in [4.69, 9.17) is 5.26 Å². The molecule has 0 atom stereocenters. The Hall–Kier alpha value is -2.94. The molecule has 1 aromatic carbocycles. The highest BCUT2D eigenvalue weighted by molar-refractivity contribution is 5.79. The van der Waals surface area contributed by atoms with Gasteiger partial charge in [0, 0.05) is 38.3 Å². The molecular weight excluding hydrogens is 343 g/mol. The van der Waals surface area contributed by atoms with E-state index in [0.717, 1.165) is 37.3 Å². The summed E-state index contributed by atoms with van der Waals surface area (Å²) in [6, 6.07) is 12.1. The van der Waals surface area contributed by atoms with Crippen molar-refractivity contribution in [1.29, 1.82) is 5.26 Å². The van der Waals surface area contributed by atoms with E-state index in [9.17, 15) is 9.18 Å². The predicted molar refractivity (Wildman–Crippen MR) is 101 cm³/mol. The van der Waals surface area contributed by atoms with E-state index in [1.54, 1.807) is 23.2 Å². The molecule has 1 amide bonds. The molecule has 27 heavy (non-hydrogen) atoms. The van der Waals surface area contributed by atoms with E-state index in [2.05, 4.69) is 16.0 Å². The van der Waals surface area contributed by atoms with Crippen LogP contribution < -0.4 is 4.90 Å². The molecule has 0 aliphatic carbocycles. The van der Waals surface area contributed by atoms with Crippen LogP contribution in [0, 0.1) is 23.1 Å². The van der Waals surface area contributed by atoms with Crippen LogP contribution in [0.15, 0.2) is 42.6 Å². The normalized spacial score (nSPS) is 14.6. The Morgan fingerprint density at radius 1 is 1.33 bits per heavy atom. The Bertz CT molecular complexity index is 823. The lowest BCUT2D eigenvalue weighted by Crippen LogP contribution is -2.42. The summed E-state index contributed by atoms with van der Waals surface area (Å²) in [6.45, 7) is 4.50. The Labute approximate surface area is 159 Å². The third-order valence-electron chi connectivity index (χ3n) is 5.00. The van der Waals surface area contributed by atoms with Gasteiger partial charge in [0.05, 0.1) is 5.56 Å². The van der Waals surface area contributed by atoms with Crippen LogP contribution in [0.5, 0.6) is 0 Å². The lowest BCUT2D eigenvalue weighted by molar-refractivity contribution is -0.136. The first kappa shape index (κ1) is 18.8. The molecule has 2 aromatic rings. The molecule has 140 valence electrons. The second-order valence-corrected chi connectivity index (χ2v) is 6.76. The van der Waals surface area contributed by atoms with Gasteiger partial charge < -0.3 is 9.80 Å². The molecular formula is C21H23FN4O. The molecule has 1 aliphatic rings. The molecule has 3 rings (SSSR count). The molecule has 6 heteroatoms. The second-order valence-electron chi connectivity index (χ2n) is 6.76. The number of piperidine rings is 1. The number of nitrogens with zero attached hydrogens (tertiary/aromatic N) is 4. The van der Waals surface area contributed by atoms with Gasteiger partial charge >= 0.3 is 0 Å². The lowest BCUT2D eigenvalue weighted by Gasteiger charge is -2.34. The van der Waals surface area contributed by atoms with Gasteiger partial charge in [-0.3, -0.25) is 4.79 Å². The standard InChI is InChI=1S/C21H23FN4O/c1-2-25(15-16-4-3-5-19(22)12-16)21(27)18-8-10-26(11-9-18)20-7-6-17(13-23)14-24-20/h3-7,12,14,18H,2,8-11,15H2,1H3. The maximum atomic E-state index is 13.4. The van der Waals surface area contributed by atoms with Gasteiger partial charge in [0.15, 0.2) is 0 Å². The van der Waals surface area contributed by atoms with Gasteiger partial charge in [0.1, 0.15) is 17.7 Å². The van der Waals surface area contributed by atoms with Crippen molar-refractivity contribution in [2.45, 2.75) is 26.3 Å². The number of hydrogen-bond donors (Lipinski definition) is 0. The highest BCUT2D eigenvalue weighted by Crippen LogP contribution is 2.24. The Morgan fingerprint density at radius 2 is 2.11 bits per heavy atom. The third kappa shape index (κ3) is 4.62. The summed E-state index contributed by atoms with van der Waals surface area (Å²) in [5.41, 5.74) is 1.35. The molecule has 0 N–H and O–H groups in total. The van der Waals surface area contributed by atoms with Crippen LogP contribution in [-0.2, 0) is 11.3 Å². The molecule has 2 heterocycles. The monoisotopic (exact) mass is 366 g/mol. The fourth-order valence-corrected chi connectivity index (χ4v) is 3.45. The average molecular weight is 366 g/mol. The molecule has 1 saturated heterocycles. The molecule has 1 aromatic heterocycles. The number of nitriles is 1. The molecule has 0 saturated carbocycles. The summed E-state index contributed by atoms with van der Waals surface area (Å²) in [5, 5.41) is 8.86. The van der Waals surface area contributed by atoms with Crippen molar-refractivity contribution in [3.05, 3.63) is 59.5 Å². The maximum absolute atomic E-state index is 13.4. The van der Waals surface area contributed by atoms with Crippen LogP contribution in [0.2, 0.25) is 0 Å². The number of amides is 1. The Morgan fingerprint density at radius 3 is 2.70 bits per heavy atom. The minimum absolute atomic E-state index is 0.0202. The molecule has 0 bridgehead atoms. The summed E-state index contributed by atoms with van der Waals surface area (Å²) in [7, 11) is 0. The first-order valence-electron chi connectivity index (χ1n) is 9.25. The fourth-order valence-electron chi connectivity index (χ4n) is 3.45. The van der Waals surface area contributed by atoms with Gasteiger partial charge in [0.25, 0.3) is 0 Å². The van der Waals surface area contributed by atoms with Crippen molar-refractivity contribution >= 4 is 11.7 Å². The van der Waals surface area contributed by atoms with E-state index in [0.29, 0.717) is 18.7 Å². The number of benzene rings is 1. The molecule has 0 spiro atoms. The van der Waals surface area contributed by atoms with E-state index < -0.39 is 0 Å². The first-order valence-corrected chi connectivity index (χ1v) is 9.25. The number of hydrogen-bond acceptors (Lipinski definition) is 4. The molecule has 5 nitrogen and oxygen atoms in total.